The lowest BCUT2D eigenvalue weighted by Gasteiger charge is -2.22. The number of amides is 1. The first kappa shape index (κ1) is 20.2. The fourth-order valence-corrected chi connectivity index (χ4v) is 3.71. The van der Waals surface area contributed by atoms with Crippen LogP contribution in [0, 0.1) is 6.92 Å². The Bertz CT molecular complexity index is 877. The average Bonchev–Trinajstić information content (AvgIpc) is 3.08. The molecule has 0 unspecified atom stereocenters. The van der Waals surface area contributed by atoms with Crippen molar-refractivity contribution in [1.82, 2.24) is 0 Å². The third-order valence-electron chi connectivity index (χ3n) is 4.75. The van der Waals surface area contributed by atoms with E-state index >= 15 is 0 Å². The molecule has 0 saturated heterocycles. The van der Waals surface area contributed by atoms with Gasteiger partial charge in [0.25, 0.3) is 0 Å². The number of nitrogens with two attached hydrogens (primary N) is 1. The van der Waals surface area contributed by atoms with Gasteiger partial charge in [-0.15, -0.1) is 0 Å². The Morgan fingerprint density at radius 2 is 2.04 bits per heavy atom. The summed E-state index contributed by atoms with van der Waals surface area (Å²) in [5.41, 5.74) is 9.84. The van der Waals surface area contributed by atoms with Gasteiger partial charge >= 0.3 is 6.16 Å². The van der Waals surface area contributed by atoms with Crippen LogP contribution in [-0.4, -0.2) is 31.3 Å². The van der Waals surface area contributed by atoms with E-state index in [1.54, 1.807) is 17.9 Å². The number of carbonyl (C=O) groups is 2. The van der Waals surface area contributed by atoms with Gasteiger partial charge in [0.15, 0.2) is 0 Å². The summed E-state index contributed by atoms with van der Waals surface area (Å²) >= 11 is 6.37. The normalized spacial score (nSPS) is 13.8. The van der Waals surface area contributed by atoms with Gasteiger partial charge in [0.05, 0.1) is 12.6 Å². The number of carbonyl (C=O) groups excluding carboxylic acids is 2. The minimum atomic E-state index is -0.787. The van der Waals surface area contributed by atoms with Crippen LogP contribution in [0.1, 0.15) is 23.6 Å². The van der Waals surface area contributed by atoms with Crippen LogP contribution >= 0.6 is 11.6 Å². The number of hydrogen-bond donors (Lipinski definition) is 1. The molecule has 1 heterocycles. The van der Waals surface area contributed by atoms with E-state index in [4.69, 9.17) is 26.8 Å². The molecule has 0 aliphatic carbocycles. The number of halogens is 1. The van der Waals surface area contributed by atoms with Gasteiger partial charge in [-0.3, -0.25) is 4.79 Å². The number of benzene rings is 2. The Morgan fingerprint density at radius 1 is 1.29 bits per heavy atom. The van der Waals surface area contributed by atoms with Crippen molar-refractivity contribution in [2.24, 2.45) is 5.73 Å². The van der Waals surface area contributed by atoms with E-state index in [9.17, 15) is 9.59 Å². The molecule has 0 saturated carbocycles. The van der Waals surface area contributed by atoms with Crippen molar-refractivity contribution in [1.29, 1.82) is 0 Å². The summed E-state index contributed by atoms with van der Waals surface area (Å²) < 4.78 is 9.86. The largest absolute Gasteiger partial charge is 0.513 e. The van der Waals surface area contributed by atoms with Gasteiger partial charge in [0, 0.05) is 17.3 Å². The summed E-state index contributed by atoms with van der Waals surface area (Å²) in [5, 5.41) is 0.393. The Labute approximate surface area is 169 Å². The van der Waals surface area contributed by atoms with Crippen LogP contribution in [0.5, 0.6) is 5.75 Å². The van der Waals surface area contributed by atoms with Crippen LogP contribution in [0.2, 0.25) is 5.02 Å². The van der Waals surface area contributed by atoms with Gasteiger partial charge in [-0.1, -0.05) is 29.8 Å². The summed E-state index contributed by atoms with van der Waals surface area (Å²) in [4.78, 5) is 26.1. The highest BCUT2D eigenvalue weighted by atomic mass is 35.5. The van der Waals surface area contributed by atoms with E-state index in [2.05, 4.69) is 0 Å². The molecule has 7 heteroatoms. The first-order valence-electron chi connectivity index (χ1n) is 9.19. The van der Waals surface area contributed by atoms with Gasteiger partial charge in [-0.05, 0) is 61.6 Å². The molecule has 6 nitrogen and oxygen atoms in total. The van der Waals surface area contributed by atoms with Gasteiger partial charge in [0.1, 0.15) is 5.75 Å². The quantitative estimate of drug-likeness (QED) is 0.609. The zero-order chi connectivity index (χ0) is 20.3. The van der Waals surface area contributed by atoms with Gasteiger partial charge in [0.2, 0.25) is 5.91 Å². The van der Waals surface area contributed by atoms with E-state index in [-0.39, 0.29) is 18.3 Å². The van der Waals surface area contributed by atoms with E-state index in [0.29, 0.717) is 18.0 Å². The number of aryl methyl sites for hydroxylation is 1. The first-order chi connectivity index (χ1) is 13.4. The highest BCUT2D eigenvalue weighted by Gasteiger charge is 2.29. The molecule has 148 valence electrons. The second kappa shape index (κ2) is 8.63. The van der Waals surface area contributed by atoms with Gasteiger partial charge < -0.3 is 20.1 Å². The van der Waals surface area contributed by atoms with Crippen molar-refractivity contribution < 1.29 is 19.1 Å². The maximum Gasteiger partial charge on any atom is 0.513 e. The molecule has 0 bridgehead atoms. The number of fused-ring (bicyclic) bond motifs is 1. The monoisotopic (exact) mass is 402 g/mol. The van der Waals surface area contributed by atoms with E-state index in [1.165, 1.54) is 6.07 Å². The van der Waals surface area contributed by atoms with Crippen molar-refractivity contribution in [2.45, 2.75) is 32.7 Å². The molecular formula is C21H23ClN2O4. The predicted octanol–water partition coefficient (Wildman–Crippen LogP) is 3.64. The molecule has 0 spiro atoms. The molecule has 0 radical (unpaired) electrons. The SMILES string of the molecule is CCOC(=O)Oc1cc(C)c(C[C@@H](N)C(=O)N2CCc3ccccc32)c(Cl)c1. The van der Waals surface area contributed by atoms with Crippen LogP contribution in [-0.2, 0) is 22.4 Å². The number of rotatable bonds is 5. The number of nitrogens with zero attached hydrogens (tertiary/aromatic N) is 1. The zero-order valence-corrected chi connectivity index (χ0v) is 16.7. The van der Waals surface area contributed by atoms with Crippen molar-refractivity contribution >= 4 is 29.4 Å². The molecule has 2 aromatic carbocycles. The lowest BCUT2D eigenvalue weighted by molar-refractivity contribution is -0.119. The van der Waals surface area contributed by atoms with E-state index < -0.39 is 12.2 Å². The lowest BCUT2D eigenvalue weighted by Crippen LogP contribution is -2.44. The number of para-hydroxylation sites is 1. The van der Waals surface area contributed by atoms with Crippen molar-refractivity contribution in [3.8, 4) is 5.75 Å². The molecule has 1 amide bonds. The summed E-state index contributed by atoms with van der Waals surface area (Å²) in [5.74, 6) is 0.158. The van der Waals surface area contributed by atoms with E-state index in [0.717, 1.165) is 28.8 Å². The molecule has 28 heavy (non-hydrogen) atoms. The lowest BCUT2D eigenvalue weighted by atomic mass is 10.00. The Balaban J connectivity index is 1.73. The van der Waals surface area contributed by atoms with Crippen LogP contribution in [0.25, 0.3) is 0 Å². The smallest absolute Gasteiger partial charge is 0.434 e. The van der Waals surface area contributed by atoms with Crippen LogP contribution in [0.4, 0.5) is 10.5 Å². The van der Waals surface area contributed by atoms with Crippen molar-refractivity contribution in [2.75, 3.05) is 18.1 Å². The summed E-state index contributed by atoms with van der Waals surface area (Å²) in [7, 11) is 0. The molecule has 1 atom stereocenters. The molecule has 3 rings (SSSR count). The van der Waals surface area contributed by atoms with Crippen LogP contribution in [0.15, 0.2) is 36.4 Å². The van der Waals surface area contributed by atoms with Gasteiger partial charge in [-0.2, -0.15) is 0 Å². The van der Waals surface area contributed by atoms with Crippen molar-refractivity contribution in [3.05, 3.63) is 58.1 Å². The molecule has 0 fully saturated rings. The Morgan fingerprint density at radius 3 is 2.75 bits per heavy atom. The standard InChI is InChI=1S/C21H23ClN2O4/c1-3-27-21(26)28-15-10-13(2)16(17(22)11-15)12-18(23)20(25)24-9-8-14-6-4-5-7-19(14)24/h4-7,10-11,18H,3,8-9,12,23H2,1-2H3/t18-/m1/s1. The fourth-order valence-electron chi connectivity index (χ4n) is 3.38. The molecule has 2 N–H and O–H groups in total. The van der Waals surface area contributed by atoms with Crippen molar-refractivity contribution in [3.63, 3.8) is 0 Å². The molecule has 1 aliphatic heterocycles. The molecular weight excluding hydrogens is 380 g/mol. The Hall–Kier alpha value is -2.57. The topological polar surface area (TPSA) is 81.9 Å². The molecule has 2 aromatic rings. The molecule has 1 aliphatic rings. The molecule has 0 aromatic heterocycles. The van der Waals surface area contributed by atoms with Crippen LogP contribution < -0.4 is 15.4 Å². The predicted molar refractivity (Wildman–Crippen MR) is 108 cm³/mol. The second-order valence-corrected chi connectivity index (χ2v) is 7.07. The summed E-state index contributed by atoms with van der Waals surface area (Å²) in [6.07, 6.45) is 0.334. The number of hydrogen-bond acceptors (Lipinski definition) is 5. The summed E-state index contributed by atoms with van der Waals surface area (Å²) in [6, 6.07) is 10.3. The highest BCUT2D eigenvalue weighted by molar-refractivity contribution is 6.31. The fraction of sp³-hybridized carbons (Fsp3) is 0.333. The summed E-state index contributed by atoms with van der Waals surface area (Å²) in [6.45, 7) is 4.38. The maximum atomic E-state index is 12.9. The van der Waals surface area contributed by atoms with E-state index in [1.807, 2.05) is 31.2 Å². The minimum Gasteiger partial charge on any atom is -0.434 e. The third-order valence-corrected chi connectivity index (χ3v) is 5.09. The second-order valence-electron chi connectivity index (χ2n) is 6.66. The first-order valence-corrected chi connectivity index (χ1v) is 9.57. The maximum absolute atomic E-state index is 12.9. The number of anilines is 1. The third kappa shape index (κ3) is 4.29. The van der Waals surface area contributed by atoms with Gasteiger partial charge in [-0.25, -0.2) is 4.79 Å². The highest BCUT2D eigenvalue weighted by Crippen LogP contribution is 2.30. The zero-order valence-electron chi connectivity index (χ0n) is 15.9. The average molecular weight is 403 g/mol. The minimum absolute atomic E-state index is 0.132. The Kier molecular flexibility index (Phi) is 6.21. The van der Waals surface area contributed by atoms with Crippen LogP contribution in [0.3, 0.4) is 0 Å². The number of ether oxygens (including phenoxy) is 2.